The number of fused-ring (bicyclic) bond motifs is 1. The third kappa shape index (κ3) is 2.80. The molecule has 0 N–H and O–H groups in total. The molecule has 0 saturated heterocycles. The van der Waals surface area contributed by atoms with E-state index < -0.39 is 23.4 Å². The summed E-state index contributed by atoms with van der Waals surface area (Å²) in [6.45, 7) is 1.89. The molecule has 3 rings (SSSR count). The molecule has 0 atom stereocenters. The zero-order valence-electron chi connectivity index (χ0n) is 12.0. The Morgan fingerprint density at radius 1 is 1.13 bits per heavy atom. The molecular formula is C17H11F3O2Se. The van der Waals surface area contributed by atoms with Crippen LogP contribution < -0.4 is 0 Å². The van der Waals surface area contributed by atoms with Gasteiger partial charge in [0.15, 0.2) is 0 Å². The van der Waals surface area contributed by atoms with E-state index in [4.69, 9.17) is 4.74 Å². The van der Waals surface area contributed by atoms with Crippen molar-refractivity contribution >= 4 is 30.1 Å². The molecule has 1 aromatic heterocycles. The standard InChI is InChI=1S/C17H11F3O2Se/c1-2-22-17(21)16-14(10-5-3-4-6-13(10)23-16)9-7-11(18)15(20)12(19)8-9/h3-8H,2H2,1H3. The predicted molar refractivity (Wildman–Crippen MR) is 82.2 cm³/mol. The molecule has 3 aromatic rings. The van der Waals surface area contributed by atoms with Crippen molar-refractivity contribution in [3.05, 3.63) is 58.3 Å². The summed E-state index contributed by atoms with van der Waals surface area (Å²) < 4.78 is 46.8. The van der Waals surface area contributed by atoms with Crippen molar-refractivity contribution in [1.29, 1.82) is 0 Å². The zero-order chi connectivity index (χ0) is 16.6. The summed E-state index contributed by atoms with van der Waals surface area (Å²) in [7, 11) is 0. The van der Waals surface area contributed by atoms with E-state index in [0.29, 0.717) is 10.0 Å². The quantitative estimate of drug-likeness (QED) is 0.386. The third-order valence-electron chi connectivity index (χ3n) is 3.33. The Hall–Kier alpha value is -2.04. The summed E-state index contributed by atoms with van der Waals surface area (Å²) in [5, 5.41) is 0.723. The van der Waals surface area contributed by atoms with Crippen molar-refractivity contribution < 1.29 is 22.7 Å². The number of ether oxygens (including phenoxy) is 1. The fourth-order valence-electron chi connectivity index (χ4n) is 2.37. The Bertz CT molecular complexity index is 879. The van der Waals surface area contributed by atoms with E-state index >= 15 is 0 Å². The first-order valence-corrected chi connectivity index (χ1v) is 8.57. The first-order valence-electron chi connectivity index (χ1n) is 6.86. The van der Waals surface area contributed by atoms with Crippen molar-refractivity contribution in [1.82, 2.24) is 0 Å². The summed E-state index contributed by atoms with van der Waals surface area (Å²) >= 11 is -0.334. The second-order valence-electron chi connectivity index (χ2n) is 4.78. The molecule has 2 aromatic carbocycles. The number of rotatable bonds is 3. The zero-order valence-corrected chi connectivity index (χ0v) is 13.7. The Labute approximate surface area is 136 Å². The molecule has 1 heterocycles. The minimum absolute atomic E-state index is 0.135. The summed E-state index contributed by atoms with van der Waals surface area (Å²) in [4.78, 5) is 12.2. The second-order valence-corrected chi connectivity index (χ2v) is 6.98. The number of carbonyl (C=O) groups is 1. The van der Waals surface area contributed by atoms with Crippen LogP contribution in [0.5, 0.6) is 0 Å². The van der Waals surface area contributed by atoms with Gasteiger partial charge in [-0.2, -0.15) is 0 Å². The number of benzene rings is 2. The van der Waals surface area contributed by atoms with Gasteiger partial charge in [-0.25, -0.2) is 0 Å². The Kier molecular flexibility index (Phi) is 4.28. The molecular weight excluding hydrogens is 372 g/mol. The number of hydrogen-bond acceptors (Lipinski definition) is 2. The molecule has 0 radical (unpaired) electrons. The average molecular weight is 383 g/mol. The van der Waals surface area contributed by atoms with Gasteiger partial charge in [0.1, 0.15) is 0 Å². The molecule has 23 heavy (non-hydrogen) atoms. The van der Waals surface area contributed by atoms with Gasteiger partial charge in [0, 0.05) is 0 Å². The molecule has 118 valence electrons. The Balaban J connectivity index is 2.30. The van der Waals surface area contributed by atoms with E-state index in [1.807, 2.05) is 12.1 Å². The molecule has 0 bridgehead atoms. The number of carbonyl (C=O) groups excluding carboxylic acids is 1. The number of esters is 1. The van der Waals surface area contributed by atoms with Crippen LogP contribution >= 0.6 is 0 Å². The molecule has 0 aliphatic carbocycles. The molecule has 0 saturated carbocycles. The number of halogens is 3. The fraction of sp³-hybridized carbons (Fsp3) is 0.118. The van der Waals surface area contributed by atoms with Crippen LogP contribution in [-0.4, -0.2) is 27.1 Å². The van der Waals surface area contributed by atoms with Crippen LogP contribution in [0.1, 0.15) is 16.2 Å². The van der Waals surface area contributed by atoms with E-state index in [2.05, 4.69) is 0 Å². The first-order chi connectivity index (χ1) is 11.0. The van der Waals surface area contributed by atoms with Gasteiger partial charge in [0.05, 0.1) is 0 Å². The minimum atomic E-state index is -1.52. The molecule has 0 amide bonds. The summed E-state index contributed by atoms with van der Waals surface area (Å²) in [6, 6.07) is 9.06. The van der Waals surface area contributed by atoms with Gasteiger partial charge in [-0.1, -0.05) is 0 Å². The second kappa shape index (κ2) is 6.22. The van der Waals surface area contributed by atoms with E-state index in [0.717, 1.165) is 21.8 Å². The maximum atomic E-state index is 13.6. The van der Waals surface area contributed by atoms with Crippen LogP contribution in [-0.2, 0) is 4.74 Å². The summed E-state index contributed by atoms with van der Waals surface area (Å²) in [5.41, 5.74) is 0.549. The topological polar surface area (TPSA) is 26.3 Å². The Morgan fingerprint density at radius 3 is 2.43 bits per heavy atom. The van der Waals surface area contributed by atoms with Crippen LogP contribution in [0.25, 0.3) is 20.8 Å². The SMILES string of the molecule is CCOC(=O)c1[se]c2ccccc2c1-c1cc(F)c(F)c(F)c1. The normalized spacial score (nSPS) is 11.0. The first kappa shape index (κ1) is 15.8. The van der Waals surface area contributed by atoms with Crippen LogP contribution in [0, 0.1) is 17.5 Å². The molecule has 0 aliphatic heterocycles. The molecule has 0 unspecified atom stereocenters. The van der Waals surface area contributed by atoms with Gasteiger partial charge in [-0.15, -0.1) is 0 Å². The van der Waals surface area contributed by atoms with Crippen molar-refractivity contribution in [2.45, 2.75) is 6.92 Å². The van der Waals surface area contributed by atoms with Crippen molar-refractivity contribution in [2.75, 3.05) is 6.61 Å². The summed E-state index contributed by atoms with van der Waals surface area (Å²) in [5.74, 6) is -4.60. The van der Waals surface area contributed by atoms with E-state index in [1.54, 1.807) is 19.1 Å². The average Bonchev–Trinajstić information content (AvgIpc) is 2.92. The third-order valence-corrected chi connectivity index (χ3v) is 5.74. The van der Waals surface area contributed by atoms with Gasteiger partial charge in [0.25, 0.3) is 0 Å². The van der Waals surface area contributed by atoms with Gasteiger partial charge >= 0.3 is 136 Å². The molecule has 0 fully saturated rings. The number of hydrogen-bond donors (Lipinski definition) is 0. The van der Waals surface area contributed by atoms with Crippen LogP contribution in [0.4, 0.5) is 13.2 Å². The summed E-state index contributed by atoms with van der Waals surface area (Å²) in [6.07, 6.45) is 0. The van der Waals surface area contributed by atoms with E-state index in [1.165, 1.54) is 0 Å². The van der Waals surface area contributed by atoms with Crippen LogP contribution in [0.15, 0.2) is 36.4 Å². The van der Waals surface area contributed by atoms with Crippen LogP contribution in [0.2, 0.25) is 0 Å². The van der Waals surface area contributed by atoms with Crippen molar-refractivity contribution in [2.24, 2.45) is 0 Å². The van der Waals surface area contributed by atoms with Gasteiger partial charge < -0.3 is 0 Å². The van der Waals surface area contributed by atoms with Crippen molar-refractivity contribution in [3.8, 4) is 11.1 Å². The van der Waals surface area contributed by atoms with Gasteiger partial charge in [0.2, 0.25) is 0 Å². The molecule has 2 nitrogen and oxygen atoms in total. The fourth-order valence-corrected chi connectivity index (χ4v) is 4.72. The monoisotopic (exact) mass is 384 g/mol. The van der Waals surface area contributed by atoms with E-state index in [-0.39, 0.29) is 26.7 Å². The van der Waals surface area contributed by atoms with Crippen LogP contribution in [0.3, 0.4) is 0 Å². The predicted octanol–water partition coefficient (Wildman–Crippen LogP) is 4.16. The van der Waals surface area contributed by atoms with Gasteiger partial charge in [-0.3, -0.25) is 0 Å². The molecule has 0 aliphatic rings. The van der Waals surface area contributed by atoms with Crippen molar-refractivity contribution in [3.63, 3.8) is 0 Å². The molecule has 0 spiro atoms. The maximum absolute atomic E-state index is 13.6. The van der Waals surface area contributed by atoms with E-state index in [9.17, 15) is 18.0 Å². The Morgan fingerprint density at radius 2 is 1.78 bits per heavy atom. The molecule has 6 heteroatoms. The van der Waals surface area contributed by atoms with Gasteiger partial charge in [-0.05, 0) is 0 Å².